The van der Waals surface area contributed by atoms with Crippen LogP contribution in [-0.4, -0.2) is 39.9 Å². The Morgan fingerprint density at radius 3 is 2.42 bits per heavy atom. The first-order valence-electron chi connectivity index (χ1n) is 13.2. The van der Waals surface area contributed by atoms with Crippen LogP contribution < -0.4 is 9.47 Å². The molecule has 0 aliphatic carbocycles. The number of nitrogens with zero attached hydrogens (tertiary/aromatic N) is 2. The number of hydrogen-bond acceptors (Lipinski definition) is 6. The zero-order valence-electron chi connectivity index (χ0n) is 21.9. The van der Waals surface area contributed by atoms with Gasteiger partial charge in [-0.1, -0.05) is 57.0 Å². The minimum absolute atomic E-state index is 0.0446. The molecule has 3 aromatic rings. The molecule has 2 aromatic carbocycles. The number of aromatic nitrogens is 1. The first kappa shape index (κ1) is 26.9. The van der Waals surface area contributed by atoms with E-state index in [-0.39, 0.29) is 17.9 Å². The fraction of sp³-hybridized carbons (Fsp3) is 0.323. The summed E-state index contributed by atoms with van der Waals surface area (Å²) in [5.74, 6) is -0.324. The van der Waals surface area contributed by atoms with Crippen molar-refractivity contribution in [1.82, 2.24) is 9.88 Å². The first-order valence-corrected chi connectivity index (χ1v) is 13.2. The van der Waals surface area contributed by atoms with Crippen molar-refractivity contribution < 1.29 is 24.2 Å². The second-order valence-corrected chi connectivity index (χ2v) is 9.29. The Morgan fingerprint density at radius 1 is 0.921 bits per heavy atom. The van der Waals surface area contributed by atoms with E-state index in [1.807, 2.05) is 37.3 Å². The van der Waals surface area contributed by atoms with Crippen LogP contribution in [0, 0.1) is 0 Å². The number of likely N-dealkylation sites (tertiary alicyclic amines) is 1. The molecule has 1 saturated heterocycles. The molecule has 1 aliphatic rings. The van der Waals surface area contributed by atoms with Crippen molar-refractivity contribution in [3.05, 3.63) is 95.3 Å². The van der Waals surface area contributed by atoms with Crippen molar-refractivity contribution in [1.29, 1.82) is 0 Å². The molecule has 198 valence electrons. The van der Waals surface area contributed by atoms with Gasteiger partial charge >= 0.3 is 0 Å². The molecule has 0 spiro atoms. The Balaban J connectivity index is 1.72. The summed E-state index contributed by atoms with van der Waals surface area (Å²) in [5, 5.41) is 11.4. The van der Waals surface area contributed by atoms with Gasteiger partial charge in [-0.2, -0.15) is 0 Å². The second kappa shape index (κ2) is 12.9. The number of benzene rings is 2. The van der Waals surface area contributed by atoms with E-state index in [2.05, 4.69) is 11.9 Å². The van der Waals surface area contributed by atoms with Crippen molar-refractivity contribution in [2.45, 2.75) is 52.1 Å². The zero-order valence-corrected chi connectivity index (χ0v) is 21.9. The molecule has 0 radical (unpaired) electrons. The minimum Gasteiger partial charge on any atom is -0.507 e. The summed E-state index contributed by atoms with van der Waals surface area (Å²) in [6.07, 6.45) is 7.36. The average molecular weight is 515 g/mol. The quantitative estimate of drug-likeness (QED) is 0.137. The number of ketones is 1. The number of rotatable bonds is 12. The van der Waals surface area contributed by atoms with Crippen LogP contribution in [0.2, 0.25) is 0 Å². The van der Waals surface area contributed by atoms with Crippen molar-refractivity contribution in [3.63, 3.8) is 0 Å². The maximum absolute atomic E-state index is 13.4. The average Bonchev–Trinajstić information content (AvgIpc) is 3.20. The molecule has 1 N–H and O–H groups in total. The molecule has 0 saturated carbocycles. The molecule has 1 amide bonds. The highest BCUT2D eigenvalue weighted by atomic mass is 16.5. The summed E-state index contributed by atoms with van der Waals surface area (Å²) < 4.78 is 11.6. The molecule has 1 aromatic heterocycles. The van der Waals surface area contributed by atoms with Gasteiger partial charge in [0.05, 0.1) is 24.8 Å². The van der Waals surface area contributed by atoms with Gasteiger partial charge in [-0.05, 0) is 54.3 Å². The lowest BCUT2D eigenvalue weighted by Gasteiger charge is -2.25. The third-order valence-corrected chi connectivity index (χ3v) is 6.41. The molecule has 2 heterocycles. The summed E-state index contributed by atoms with van der Waals surface area (Å²) >= 11 is 0. The number of carbonyl (C=O) groups excluding carboxylic acids is 2. The molecule has 1 unspecified atom stereocenters. The number of hydrogen-bond donors (Lipinski definition) is 1. The Hall–Kier alpha value is -4.13. The van der Waals surface area contributed by atoms with Crippen molar-refractivity contribution in [2.24, 2.45) is 0 Å². The van der Waals surface area contributed by atoms with E-state index in [1.54, 1.807) is 42.7 Å². The molecule has 7 heteroatoms. The summed E-state index contributed by atoms with van der Waals surface area (Å²) in [5.41, 5.74) is 1.95. The monoisotopic (exact) mass is 514 g/mol. The van der Waals surface area contributed by atoms with E-state index < -0.39 is 17.7 Å². The third kappa shape index (κ3) is 6.22. The number of aliphatic hydroxyl groups excluding tert-OH is 1. The molecular weight excluding hydrogens is 480 g/mol. The highest BCUT2D eigenvalue weighted by Crippen LogP contribution is 2.41. The van der Waals surface area contributed by atoms with Gasteiger partial charge in [-0.25, -0.2) is 0 Å². The van der Waals surface area contributed by atoms with Crippen molar-refractivity contribution in [2.75, 3.05) is 13.2 Å². The van der Waals surface area contributed by atoms with Gasteiger partial charge < -0.3 is 19.5 Å². The van der Waals surface area contributed by atoms with Crippen LogP contribution in [-0.2, 0) is 16.1 Å². The lowest BCUT2D eigenvalue weighted by atomic mass is 9.95. The highest BCUT2D eigenvalue weighted by Gasteiger charge is 2.46. The van der Waals surface area contributed by atoms with Crippen molar-refractivity contribution >= 4 is 17.4 Å². The maximum atomic E-state index is 13.4. The van der Waals surface area contributed by atoms with E-state index in [1.165, 1.54) is 4.90 Å². The topological polar surface area (TPSA) is 89.0 Å². The minimum atomic E-state index is -0.774. The predicted molar refractivity (Wildman–Crippen MR) is 146 cm³/mol. The van der Waals surface area contributed by atoms with Gasteiger partial charge in [-0.3, -0.25) is 14.6 Å². The standard InChI is InChI=1S/C31H34N2O5/c1-3-5-6-18-38-25-14-12-23(13-15-25)28-27(29(34)24-10-7-11-26(19-24)37-17-4-2)30(35)31(36)33(28)21-22-9-8-16-32-20-22/h7-16,19-20,28,34H,3-6,17-18,21H2,1-2H3/b29-27+. The fourth-order valence-corrected chi connectivity index (χ4v) is 4.48. The number of carbonyl (C=O) groups is 2. The number of Topliss-reactive ketones (excluding diaryl/α,β-unsaturated/α-hetero) is 1. The van der Waals surface area contributed by atoms with Gasteiger partial charge in [0, 0.05) is 24.5 Å². The molecule has 1 atom stereocenters. The lowest BCUT2D eigenvalue weighted by Crippen LogP contribution is -2.29. The highest BCUT2D eigenvalue weighted by molar-refractivity contribution is 6.46. The normalized spacial score (nSPS) is 16.6. The number of aliphatic hydroxyl groups is 1. The van der Waals surface area contributed by atoms with Crippen LogP contribution in [0.1, 0.15) is 62.3 Å². The number of ether oxygens (including phenoxy) is 2. The number of amides is 1. The summed E-state index contributed by atoms with van der Waals surface area (Å²) in [6.45, 7) is 5.49. The van der Waals surface area contributed by atoms with Gasteiger partial charge in [0.1, 0.15) is 17.3 Å². The summed E-state index contributed by atoms with van der Waals surface area (Å²) in [6, 6.07) is 17.2. The molecule has 38 heavy (non-hydrogen) atoms. The Labute approximate surface area is 223 Å². The van der Waals surface area contributed by atoms with Crippen molar-refractivity contribution in [3.8, 4) is 11.5 Å². The van der Waals surface area contributed by atoms with Crippen LogP contribution in [0.25, 0.3) is 5.76 Å². The maximum Gasteiger partial charge on any atom is 0.295 e. The van der Waals surface area contributed by atoms with Gasteiger partial charge in [0.25, 0.3) is 11.7 Å². The van der Waals surface area contributed by atoms with Crippen LogP contribution in [0.5, 0.6) is 11.5 Å². The molecule has 1 aliphatic heterocycles. The zero-order chi connectivity index (χ0) is 26.9. The van der Waals surface area contributed by atoms with Crippen LogP contribution in [0.4, 0.5) is 0 Å². The van der Waals surface area contributed by atoms with E-state index in [9.17, 15) is 14.7 Å². The molecule has 0 bridgehead atoms. The Bertz CT molecular complexity index is 1270. The molecule has 4 rings (SSSR count). The van der Waals surface area contributed by atoms with Crippen LogP contribution >= 0.6 is 0 Å². The number of unbranched alkanes of at least 4 members (excludes halogenated alkanes) is 2. The SMILES string of the molecule is CCCCCOc1ccc(C2/C(=C(\O)c3cccc(OCCC)c3)C(=O)C(=O)N2Cc2cccnc2)cc1. The van der Waals surface area contributed by atoms with Crippen LogP contribution in [0.3, 0.4) is 0 Å². The fourth-order valence-electron chi connectivity index (χ4n) is 4.48. The van der Waals surface area contributed by atoms with Gasteiger partial charge in [0.2, 0.25) is 0 Å². The number of pyridine rings is 1. The Morgan fingerprint density at radius 2 is 1.71 bits per heavy atom. The van der Waals surface area contributed by atoms with Gasteiger partial charge in [0.15, 0.2) is 0 Å². The summed E-state index contributed by atoms with van der Waals surface area (Å²) in [7, 11) is 0. The Kier molecular flexibility index (Phi) is 9.14. The molecule has 1 fully saturated rings. The summed E-state index contributed by atoms with van der Waals surface area (Å²) in [4.78, 5) is 32.3. The first-order chi connectivity index (χ1) is 18.5. The lowest BCUT2D eigenvalue weighted by molar-refractivity contribution is -0.140. The molecular formula is C31H34N2O5. The van der Waals surface area contributed by atoms with E-state index in [4.69, 9.17) is 9.47 Å². The van der Waals surface area contributed by atoms with E-state index in [0.717, 1.165) is 37.0 Å². The third-order valence-electron chi connectivity index (χ3n) is 6.41. The molecule has 7 nitrogen and oxygen atoms in total. The van der Waals surface area contributed by atoms with E-state index in [0.29, 0.717) is 30.1 Å². The smallest absolute Gasteiger partial charge is 0.295 e. The van der Waals surface area contributed by atoms with Gasteiger partial charge in [-0.15, -0.1) is 0 Å². The second-order valence-electron chi connectivity index (χ2n) is 9.29. The largest absolute Gasteiger partial charge is 0.507 e. The predicted octanol–water partition coefficient (Wildman–Crippen LogP) is 6.06. The van der Waals surface area contributed by atoms with E-state index >= 15 is 0 Å². The van der Waals surface area contributed by atoms with Crippen LogP contribution in [0.15, 0.2) is 78.6 Å².